The summed E-state index contributed by atoms with van der Waals surface area (Å²) in [7, 11) is 0. The van der Waals surface area contributed by atoms with Gasteiger partial charge in [0.2, 0.25) is 12.7 Å². The summed E-state index contributed by atoms with van der Waals surface area (Å²) in [6.07, 6.45) is 10.3. The first kappa shape index (κ1) is 38.8. The Morgan fingerprint density at radius 2 is 0.870 bits per heavy atom. The fourth-order valence-corrected chi connectivity index (χ4v) is 6.08. The van der Waals surface area contributed by atoms with E-state index >= 15 is 0 Å². The molecule has 0 bridgehead atoms. The fourth-order valence-electron chi connectivity index (χ4n) is 6.08. The molecule has 0 unspecified atom stereocenters. The third-order valence-corrected chi connectivity index (χ3v) is 8.46. The van der Waals surface area contributed by atoms with Crippen LogP contribution in [0.4, 0.5) is 0 Å². The molecule has 0 spiro atoms. The van der Waals surface area contributed by atoms with Crippen LogP contribution in [0.2, 0.25) is 0 Å². The summed E-state index contributed by atoms with van der Waals surface area (Å²) >= 11 is 0. The zero-order valence-electron chi connectivity index (χ0n) is 30.5. The molecule has 8 aromatic rings. The molecule has 0 N–H and O–H groups in total. The summed E-state index contributed by atoms with van der Waals surface area (Å²) in [5.74, 6) is 2.00. The van der Waals surface area contributed by atoms with E-state index in [9.17, 15) is 0 Å². The van der Waals surface area contributed by atoms with Gasteiger partial charge in [0.1, 0.15) is 0 Å². The minimum absolute atomic E-state index is 0. The van der Waals surface area contributed by atoms with Crippen LogP contribution in [0.3, 0.4) is 0 Å². The first-order chi connectivity index (χ1) is 25.0. The predicted molar refractivity (Wildman–Crippen MR) is 198 cm³/mol. The summed E-state index contributed by atoms with van der Waals surface area (Å²) in [6, 6.07) is 44.9. The average Bonchev–Trinajstić information content (AvgIpc) is 3.73. The molecule has 4 heterocycles. The molecule has 0 amide bonds. The number of hydrogen-bond acceptors (Lipinski definition) is 4. The van der Waals surface area contributed by atoms with Gasteiger partial charge in [0.15, 0.2) is 0 Å². The average molecular weight is 1070 g/mol. The number of rotatable bonds is 7. The Kier molecular flexibility index (Phi) is 11.1. The van der Waals surface area contributed by atoms with E-state index < -0.39 is 0 Å². The summed E-state index contributed by atoms with van der Waals surface area (Å²) in [5.41, 5.74) is 6.48. The smallest absolute Gasteiger partial charge is 0.243 e. The summed E-state index contributed by atoms with van der Waals surface area (Å²) in [4.78, 5) is 9.01. The van der Waals surface area contributed by atoms with E-state index in [2.05, 4.69) is 122 Å². The molecule has 8 rings (SSSR count). The Balaban J connectivity index is 0.00000249. The molecule has 10 heteroatoms. The molecule has 0 aliphatic heterocycles. The van der Waals surface area contributed by atoms with Crippen molar-refractivity contribution < 1.29 is 60.7 Å². The molecule has 278 valence electrons. The van der Waals surface area contributed by atoms with Crippen molar-refractivity contribution in [3.05, 3.63) is 146 Å². The van der Waals surface area contributed by atoms with E-state index in [1.807, 2.05) is 69.8 Å². The van der Waals surface area contributed by atoms with Crippen LogP contribution < -0.4 is 18.6 Å². The Hall–Kier alpha value is -4.90. The van der Waals surface area contributed by atoms with Gasteiger partial charge in [0, 0.05) is 65.1 Å². The van der Waals surface area contributed by atoms with Crippen LogP contribution >= 0.6 is 0 Å². The van der Waals surface area contributed by atoms with Gasteiger partial charge in [0.05, 0.1) is 33.1 Å². The molecule has 0 aliphatic rings. The second-order valence-electron chi connectivity index (χ2n) is 14.4. The molecule has 0 fully saturated rings. The fraction of sp³-hybridized carbons (Fsp3) is 0.182. The SMILES string of the molecule is CC(C)(C)n1[c-][n+](-c2[c-]c(Oc3[c-]c(-c4[c-]c(Oc5[c-]c(-[n+]6[c-]n(C(C)(C)C)c7ccccc76)ccc5)ccn4)ncc3)ccc2)c2ccccc21.[Pt].[Pt]. The quantitative estimate of drug-likeness (QED) is 0.119. The molecule has 0 radical (unpaired) electrons. The molecule has 0 saturated heterocycles. The topological polar surface area (TPSA) is 61.9 Å². The predicted octanol–water partition coefficient (Wildman–Crippen LogP) is 8.50. The summed E-state index contributed by atoms with van der Waals surface area (Å²) in [5, 5.41) is 0. The summed E-state index contributed by atoms with van der Waals surface area (Å²) in [6.45, 7) is 13.0. The number of aromatic nitrogens is 6. The van der Waals surface area contributed by atoms with Crippen LogP contribution in [0, 0.1) is 36.9 Å². The molecule has 0 saturated carbocycles. The van der Waals surface area contributed by atoms with Crippen molar-refractivity contribution >= 4 is 22.1 Å². The van der Waals surface area contributed by atoms with Gasteiger partial charge in [-0.3, -0.25) is 0 Å². The standard InChI is InChI=1S/C44H36N6O2.2Pt/c1-43(2,3)49-29-47(39-17-7-9-19-41(39)49)31-13-11-15-33(25-31)51-35-21-23-45-37(27-35)38-28-36(22-24-46-38)52-34-16-12-14-32(26-34)48-30-50(44(4,5)6)42-20-10-8-18-40(42)48;;/h7-24H,1-6H3;;/q-4;;. The maximum absolute atomic E-state index is 6.25. The monoisotopic (exact) mass is 1070 g/mol. The van der Waals surface area contributed by atoms with Gasteiger partial charge in [0.25, 0.3) is 0 Å². The van der Waals surface area contributed by atoms with Crippen molar-refractivity contribution in [2.45, 2.75) is 52.6 Å². The Labute approximate surface area is 344 Å². The zero-order chi connectivity index (χ0) is 36.0. The number of imidazole rings is 2. The first-order valence-electron chi connectivity index (χ1n) is 17.1. The third-order valence-electron chi connectivity index (χ3n) is 8.46. The van der Waals surface area contributed by atoms with Crippen molar-refractivity contribution in [3.8, 4) is 45.8 Å². The van der Waals surface area contributed by atoms with Crippen LogP contribution in [-0.2, 0) is 53.2 Å². The Morgan fingerprint density at radius 3 is 1.28 bits per heavy atom. The second-order valence-corrected chi connectivity index (χ2v) is 14.4. The van der Waals surface area contributed by atoms with Gasteiger partial charge in [-0.15, -0.1) is 47.8 Å². The Morgan fingerprint density at radius 1 is 0.481 bits per heavy atom. The van der Waals surface area contributed by atoms with Crippen LogP contribution in [0.1, 0.15) is 41.5 Å². The molecule has 0 atom stereocenters. The maximum Gasteiger partial charge on any atom is 0.243 e. The van der Waals surface area contributed by atoms with Gasteiger partial charge in [-0.25, -0.2) is 0 Å². The number of fused-ring (bicyclic) bond motifs is 2. The van der Waals surface area contributed by atoms with Gasteiger partial charge >= 0.3 is 0 Å². The minimum atomic E-state index is -0.149. The molecular formula is C44H36N6O2Pt2-4. The van der Waals surface area contributed by atoms with Crippen molar-refractivity contribution in [2.75, 3.05) is 0 Å². The number of benzene rings is 4. The van der Waals surface area contributed by atoms with E-state index in [4.69, 9.17) is 9.47 Å². The number of para-hydroxylation sites is 4. The molecule has 0 aliphatic carbocycles. The van der Waals surface area contributed by atoms with E-state index in [-0.39, 0.29) is 53.2 Å². The molecule has 8 nitrogen and oxygen atoms in total. The van der Waals surface area contributed by atoms with Crippen LogP contribution in [0.5, 0.6) is 23.0 Å². The van der Waals surface area contributed by atoms with Crippen LogP contribution in [-0.4, -0.2) is 19.1 Å². The van der Waals surface area contributed by atoms with Crippen molar-refractivity contribution in [1.29, 1.82) is 0 Å². The van der Waals surface area contributed by atoms with Crippen LogP contribution in [0.15, 0.2) is 109 Å². The summed E-state index contributed by atoms with van der Waals surface area (Å²) < 4.78 is 20.8. The van der Waals surface area contributed by atoms with Crippen molar-refractivity contribution in [3.63, 3.8) is 0 Å². The number of hydrogen-bond donors (Lipinski definition) is 0. The number of pyridine rings is 2. The van der Waals surface area contributed by atoms with Crippen molar-refractivity contribution in [1.82, 2.24) is 19.1 Å². The van der Waals surface area contributed by atoms with E-state index in [0.717, 1.165) is 33.4 Å². The number of nitrogens with zero attached hydrogens (tertiary/aromatic N) is 6. The molecule has 4 aromatic heterocycles. The van der Waals surface area contributed by atoms with Gasteiger partial charge in [-0.05, 0) is 53.9 Å². The zero-order valence-corrected chi connectivity index (χ0v) is 35.1. The van der Waals surface area contributed by atoms with Gasteiger partial charge in [-0.1, -0.05) is 59.9 Å². The van der Waals surface area contributed by atoms with E-state index in [0.29, 0.717) is 34.4 Å². The third kappa shape index (κ3) is 7.82. The van der Waals surface area contributed by atoms with Crippen LogP contribution in [0.25, 0.3) is 44.8 Å². The molecular weight excluding hydrogens is 1030 g/mol. The molecule has 54 heavy (non-hydrogen) atoms. The van der Waals surface area contributed by atoms with Gasteiger partial charge < -0.3 is 37.7 Å². The Bertz CT molecular complexity index is 2400. The van der Waals surface area contributed by atoms with E-state index in [1.165, 1.54) is 0 Å². The van der Waals surface area contributed by atoms with E-state index in [1.54, 1.807) is 24.5 Å². The van der Waals surface area contributed by atoms with Gasteiger partial charge in [-0.2, -0.15) is 36.4 Å². The normalized spacial score (nSPS) is 11.6. The largest absolute Gasteiger partial charge is 0.511 e. The first-order valence-corrected chi connectivity index (χ1v) is 17.1. The molecule has 4 aromatic carbocycles. The van der Waals surface area contributed by atoms with Crippen molar-refractivity contribution in [2.24, 2.45) is 0 Å². The second kappa shape index (κ2) is 15.4. The minimum Gasteiger partial charge on any atom is -0.511 e. The maximum atomic E-state index is 6.25. The number of ether oxygens (including phenoxy) is 2.